The monoisotopic (exact) mass is 1170 g/mol. The van der Waals surface area contributed by atoms with Gasteiger partial charge in [-0.15, -0.1) is 0 Å². The maximum Gasteiger partial charge on any atom is 0.305 e. The zero-order chi connectivity index (χ0) is 59.9. The first-order chi connectivity index (χ1) is 41.0. The van der Waals surface area contributed by atoms with Crippen LogP contribution in [-0.2, 0) is 14.3 Å². The summed E-state index contributed by atoms with van der Waals surface area (Å²) in [5, 5.41) is 23.5. The molecule has 1 amide bonds. The molecule has 0 radical (unpaired) electrons. The molecule has 0 rings (SSSR count). The largest absolute Gasteiger partial charge is 0.466 e. The second kappa shape index (κ2) is 72.8. The van der Waals surface area contributed by atoms with E-state index in [1.54, 1.807) is 0 Å². The molecule has 0 aliphatic rings. The van der Waals surface area contributed by atoms with Gasteiger partial charge in [0.15, 0.2) is 0 Å². The third-order valence-corrected chi connectivity index (χ3v) is 18.0. The minimum atomic E-state index is -0.665. The van der Waals surface area contributed by atoms with Crippen LogP contribution in [0, 0.1) is 0 Å². The van der Waals surface area contributed by atoms with Crippen molar-refractivity contribution in [3.63, 3.8) is 0 Å². The first-order valence-corrected chi connectivity index (χ1v) is 38.1. The molecule has 3 N–H and O–H groups in total. The molecule has 0 heterocycles. The van der Waals surface area contributed by atoms with Gasteiger partial charge in [0.05, 0.1) is 25.4 Å². The van der Waals surface area contributed by atoms with Gasteiger partial charge < -0.3 is 20.3 Å². The molecule has 2 atom stereocenters. The molecule has 6 heteroatoms. The van der Waals surface area contributed by atoms with Crippen LogP contribution in [0.3, 0.4) is 0 Å². The lowest BCUT2D eigenvalue weighted by molar-refractivity contribution is -0.143. The van der Waals surface area contributed by atoms with Gasteiger partial charge in [0, 0.05) is 12.8 Å². The van der Waals surface area contributed by atoms with E-state index in [2.05, 4.69) is 43.5 Å². The van der Waals surface area contributed by atoms with Crippen molar-refractivity contribution >= 4 is 11.9 Å². The molecular formula is C77H149NO5. The second-order valence-electron chi connectivity index (χ2n) is 26.3. The van der Waals surface area contributed by atoms with Crippen LogP contribution in [0.2, 0.25) is 0 Å². The molecule has 0 aromatic rings. The van der Waals surface area contributed by atoms with E-state index >= 15 is 0 Å². The van der Waals surface area contributed by atoms with Crippen molar-refractivity contribution in [2.75, 3.05) is 13.2 Å². The van der Waals surface area contributed by atoms with E-state index in [1.165, 1.54) is 353 Å². The Morgan fingerprint density at radius 2 is 0.566 bits per heavy atom. The predicted molar refractivity (Wildman–Crippen MR) is 366 cm³/mol. The van der Waals surface area contributed by atoms with Gasteiger partial charge in [-0.25, -0.2) is 0 Å². The highest BCUT2D eigenvalue weighted by atomic mass is 16.5. The van der Waals surface area contributed by atoms with Crippen molar-refractivity contribution in [2.24, 2.45) is 0 Å². The maximum absolute atomic E-state index is 12.6. The van der Waals surface area contributed by atoms with E-state index in [4.69, 9.17) is 4.74 Å². The molecular weight excluding hydrogens is 1020 g/mol. The van der Waals surface area contributed by atoms with Crippen LogP contribution in [0.1, 0.15) is 431 Å². The summed E-state index contributed by atoms with van der Waals surface area (Å²) in [7, 11) is 0. The number of allylic oxidation sites excluding steroid dienone is 4. The summed E-state index contributed by atoms with van der Waals surface area (Å²) in [6.45, 7) is 4.98. The van der Waals surface area contributed by atoms with Crippen LogP contribution < -0.4 is 5.32 Å². The molecule has 0 spiro atoms. The molecule has 0 aliphatic heterocycles. The number of hydrogen-bond donors (Lipinski definition) is 3. The molecule has 0 aromatic carbocycles. The molecule has 6 nitrogen and oxygen atoms in total. The number of aliphatic hydroxyl groups excluding tert-OH is 2. The first kappa shape index (κ1) is 81.3. The fourth-order valence-electron chi connectivity index (χ4n) is 12.2. The van der Waals surface area contributed by atoms with Crippen molar-refractivity contribution in [3.8, 4) is 0 Å². The number of unbranched alkanes of at least 4 members (excludes halogenated alkanes) is 57. The first-order valence-electron chi connectivity index (χ1n) is 38.1. The van der Waals surface area contributed by atoms with E-state index in [-0.39, 0.29) is 18.5 Å². The van der Waals surface area contributed by atoms with E-state index in [9.17, 15) is 19.8 Å². The van der Waals surface area contributed by atoms with Crippen molar-refractivity contribution in [1.29, 1.82) is 0 Å². The van der Waals surface area contributed by atoms with E-state index < -0.39 is 12.1 Å². The highest BCUT2D eigenvalue weighted by Crippen LogP contribution is 2.19. The fourth-order valence-corrected chi connectivity index (χ4v) is 12.2. The molecule has 2 unspecified atom stereocenters. The number of rotatable bonds is 72. The quantitative estimate of drug-likeness (QED) is 0.0320. The molecule has 0 fully saturated rings. The van der Waals surface area contributed by atoms with E-state index in [0.717, 1.165) is 44.9 Å². The lowest BCUT2D eigenvalue weighted by Gasteiger charge is -2.22. The van der Waals surface area contributed by atoms with Crippen LogP contribution in [0.15, 0.2) is 24.3 Å². The third-order valence-electron chi connectivity index (χ3n) is 18.0. The molecule has 83 heavy (non-hydrogen) atoms. The number of ether oxygens (including phenoxy) is 1. The van der Waals surface area contributed by atoms with E-state index in [1.807, 2.05) is 0 Å². The van der Waals surface area contributed by atoms with E-state index in [0.29, 0.717) is 25.9 Å². The SMILES string of the molecule is CCCCCC/C=C\CCCCCCCC(=O)OCCCCCCCCCCCCCC/C=C\CCCCCCCCCCCCCCCC(=O)NC(CO)C(O)CCCCCCCCCCCCCCCCCCCCCCCCCC. The van der Waals surface area contributed by atoms with Crippen LogP contribution in [0.4, 0.5) is 0 Å². The van der Waals surface area contributed by atoms with Gasteiger partial charge in [0.1, 0.15) is 0 Å². The van der Waals surface area contributed by atoms with Crippen LogP contribution in [0.5, 0.6) is 0 Å². The number of nitrogens with one attached hydrogen (secondary N) is 1. The highest BCUT2D eigenvalue weighted by molar-refractivity contribution is 5.76. The summed E-state index contributed by atoms with van der Waals surface area (Å²) in [6.07, 6.45) is 92.5. The molecule has 492 valence electrons. The molecule has 0 bridgehead atoms. The predicted octanol–water partition coefficient (Wildman–Crippen LogP) is 24.9. The summed E-state index contributed by atoms with van der Waals surface area (Å²) in [5.41, 5.74) is 0. The molecule has 0 saturated carbocycles. The Morgan fingerprint density at radius 3 is 0.867 bits per heavy atom. The minimum Gasteiger partial charge on any atom is -0.466 e. The maximum atomic E-state index is 12.6. The fraction of sp³-hybridized carbons (Fsp3) is 0.922. The number of carbonyl (C=O) groups is 2. The summed E-state index contributed by atoms with van der Waals surface area (Å²) in [6, 6.07) is -0.542. The lowest BCUT2D eigenvalue weighted by Crippen LogP contribution is -2.45. The van der Waals surface area contributed by atoms with Gasteiger partial charge in [-0.3, -0.25) is 9.59 Å². The summed E-state index contributed by atoms with van der Waals surface area (Å²) >= 11 is 0. The lowest BCUT2D eigenvalue weighted by atomic mass is 10.0. The number of carbonyl (C=O) groups excluding carboxylic acids is 2. The number of esters is 1. The molecule has 0 saturated heterocycles. The Bertz CT molecular complexity index is 1300. The van der Waals surface area contributed by atoms with Crippen molar-refractivity contribution < 1.29 is 24.5 Å². The van der Waals surface area contributed by atoms with Gasteiger partial charge in [-0.05, 0) is 77.0 Å². The molecule has 0 aliphatic carbocycles. The third kappa shape index (κ3) is 69.3. The van der Waals surface area contributed by atoms with Crippen molar-refractivity contribution in [1.82, 2.24) is 5.32 Å². The van der Waals surface area contributed by atoms with Gasteiger partial charge in [-0.1, -0.05) is 366 Å². The highest BCUT2D eigenvalue weighted by Gasteiger charge is 2.20. The number of hydrogen-bond acceptors (Lipinski definition) is 5. The Hall–Kier alpha value is -1.66. The number of aliphatic hydroxyl groups is 2. The van der Waals surface area contributed by atoms with Gasteiger partial charge in [-0.2, -0.15) is 0 Å². The second-order valence-corrected chi connectivity index (χ2v) is 26.3. The Balaban J connectivity index is 3.37. The Morgan fingerprint density at radius 1 is 0.325 bits per heavy atom. The Kier molecular flexibility index (Phi) is 71.4. The smallest absolute Gasteiger partial charge is 0.305 e. The van der Waals surface area contributed by atoms with Crippen LogP contribution in [-0.4, -0.2) is 47.4 Å². The number of amides is 1. The summed E-state index contributed by atoms with van der Waals surface area (Å²) in [5.74, 6) is -0.0206. The summed E-state index contributed by atoms with van der Waals surface area (Å²) < 4.78 is 5.48. The average Bonchev–Trinajstić information content (AvgIpc) is 3.48. The average molecular weight is 1170 g/mol. The normalized spacial score (nSPS) is 12.6. The van der Waals surface area contributed by atoms with Crippen LogP contribution in [0.25, 0.3) is 0 Å². The molecule has 0 aromatic heterocycles. The Labute approximate surface area is 520 Å². The standard InChI is InChI=1S/C77H149NO5/c1-3-5-7-9-11-13-15-17-18-19-20-21-22-30-33-36-39-42-46-49-53-57-61-65-69-75(80)74(73-79)78-76(81)70-66-62-58-54-50-47-43-40-37-34-31-28-26-24-23-25-27-29-32-35-38-41-44-48-52-56-60-64-68-72-83-77(82)71-67-63-59-55-51-45-16-14-12-10-8-6-4-2/h14,16,23,25,74-75,79-80H,3-13,15,17-22,24,26-73H2,1-2H3,(H,78,81)/b16-14-,25-23-. The van der Waals surface area contributed by atoms with Gasteiger partial charge in [0.2, 0.25) is 5.91 Å². The topological polar surface area (TPSA) is 95.9 Å². The van der Waals surface area contributed by atoms with Gasteiger partial charge in [0.25, 0.3) is 0 Å². The van der Waals surface area contributed by atoms with Crippen molar-refractivity contribution in [2.45, 2.75) is 443 Å². The zero-order valence-electron chi connectivity index (χ0n) is 56.5. The zero-order valence-corrected chi connectivity index (χ0v) is 56.5. The minimum absolute atomic E-state index is 0.00812. The van der Waals surface area contributed by atoms with Crippen molar-refractivity contribution in [3.05, 3.63) is 24.3 Å². The van der Waals surface area contributed by atoms with Gasteiger partial charge >= 0.3 is 5.97 Å². The van der Waals surface area contributed by atoms with Crippen LogP contribution >= 0.6 is 0 Å². The summed E-state index contributed by atoms with van der Waals surface area (Å²) in [4.78, 5) is 24.6.